The van der Waals surface area contributed by atoms with Crippen molar-refractivity contribution in [3.05, 3.63) is 93.0 Å². The van der Waals surface area contributed by atoms with E-state index in [4.69, 9.17) is 9.72 Å². The van der Waals surface area contributed by atoms with E-state index < -0.39 is 17.7 Å². The Morgan fingerprint density at radius 3 is 2.60 bits per heavy atom. The van der Waals surface area contributed by atoms with Gasteiger partial charge in [0, 0.05) is 10.0 Å². The number of aryl methyl sites for hydroxylation is 2. The molecule has 0 bridgehead atoms. The first-order valence-electron chi connectivity index (χ1n) is 10.9. The summed E-state index contributed by atoms with van der Waals surface area (Å²) >= 11 is 4.84. The van der Waals surface area contributed by atoms with Crippen molar-refractivity contribution >= 4 is 60.1 Å². The van der Waals surface area contributed by atoms with E-state index in [2.05, 4.69) is 15.9 Å². The number of nitrogens with zero attached hydrogens (tertiary/aromatic N) is 2. The van der Waals surface area contributed by atoms with E-state index in [-0.39, 0.29) is 11.3 Å². The van der Waals surface area contributed by atoms with E-state index >= 15 is 0 Å². The predicted molar refractivity (Wildman–Crippen MR) is 141 cm³/mol. The third-order valence-electron chi connectivity index (χ3n) is 5.98. The van der Waals surface area contributed by atoms with Gasteiger partial charge in [-0.15, -0.1) is 0 Å². The van der Waals surface area contributed by atoms with Crippen LogP contribution in [0, 0.1) is 13.8 Å². The number of thiazole rings is 1. The minimum atomic E-state index is -0.847. The molecule has 6 nitrogen and oxygen atoms in total. The van der Waals surface area contributed by atoms with E-state index in [0.29, 0.717) is 22.0 Å². The van der Waals surface area contributed by atoms with Crippen molar-refractivity contribution in [2.24, 2.45) is 0 Å². The molecule has 2 heterocycles. The van der Waals surface area contributed by atoms with Crippen molar-refractivity contribution in [1.82, 2.24) is 4.98 Å². The number of aromatic nitrogens is 1. The van der Waals surface area contributed by atoms with Gasteiger partial charge in [0.05, 0.1) is 28.9 Å². The number of ketones is 1. The van der Waals surface area contributed by atoms with Gasteiger partial charge < -0.3 is 9.84 Å². The Bertz CT molecular complexity index is 1540. The van der Waals surface area contributed by atoms with Gasteiger partial charge >= 0.3 is 5.91 Å². The second-order valence-electron chi connectivity index (χ2n) is 8.38. The lowest BCUT2D eigenvalue weighted by atomic mass is 9.95. The highest BCUT2D eigenvalue weighted by Crippen LogP contribution is 2.45. The molecule has 1 aliphatic heterocycles. The largest absolute Gasteiger partial charge is 0.507 e. The molecule has 5 rings (SSSR count). The van der Waals surface area contributed by atoms with Gasteiger partial charge in [0.25, 0.3) is 5.78 Å². The minimum Gasteiger partial charge on any atom is -0.507 e. The number of fused-ring (bicyclic) bond motifs is 1. The van der Waals surface area contributed by atoms with Crippen molar-refractivity contribution in [2.45, 2.75) is 19.9 Å². The van der Waals surface area contributed by atoms with Crippen LogP contribution in [0.4, 0.5) is 5.13 Å². The van der Waals surface area contributed by atoms with Crippen molar-refractivity contribution in [3.8, 4) is 5.75 Å². The fourth-order valence-corrected chi connectivity index (χ4v) is 6.00. The number of hydrogen-bond acceptors (Lipinski definition) is 6. The monoisotopic (exact) mass is 548 g/mol. The van der Waals surface area contributed by atoms with Crippen LogP contribution in [0.3, 0.4) is 0 Å². The van der Waals surface area contributed by atoms with Crippen molar-refractivity contribution in [3.63, 3.8) is 0 Å². The van der Waals surface area contributed by atoms with Crippen LogP contribution in [-0.2, 0) is 9.59 Å². The van der Waals surface area contributed by atoms with E-state index in [1.165, 1.54) is 23.3 Å². The van der Waals surface area contributed by atoms with Gasteiger partial charge in [0.2, 0.25) is 0 Å². The van der Waals surface area contributed by atoms with Crippen LogP contribution in [0.15, 0.2) is 70.7 Å². The first-order chi connectivity index (χ1) is 16.8. The summed E-state index contributed by atoms with van der Waals surface area (Å²) in [5.74, 6) is -1.22. The maximum Gasteiger partial charge on any atom is 0.301 e. The van der Waals surface area contributed by atoms with Crippen LogP contribution in [0.25, 0.3) is 16.0 Å². The number of Topliss-reactive ketones (excluding diaryl/α,β-unsaturated/α-hetero) is 1. The molecule has 1 atom stereocenters. The number of benzene rings is 3. The number of hydrogen-bond donors (Lipinski definition) is 1. The fraction of sp³-hybridized carbons (Fsp3) is 0.148. The number of rotatable bonds is 4. The Morgan fingerprint density at radius 2 is 1.86 bits per heavy atom. The molecule has 4 aromatic rings. The molecular weight excluding hydrogens is 528 g/mol. The quantitative estimate of drug-likeness (QED) is 0.183. The van der Waals surface area contributed by atoms with Crippen LogP contribution >= 0.6 is 27.3 Å². The Balaban J connectivity index is 1.75. The molecule has 8 heteroatoms. The maximum atomic E-state index is 13.4. The standard InChI is InChI=1S/C27H21BrN2O4S/c1-14-10-15(2)22-20(11-14)35-27(29-22)30-23(16-6-4-8-18(28)12-16)21(25(32)26(30)33)24(31)17-7-5-9-19(13-17)34-3/h4-13,23,31H,1-3H3/b24-21+. The summed E-state index contributed by atoms with van der Waals surface area (Å²) in [5.41, 5.74) is 3.95. The van der Waals surface area contributed by atoms with E-state index in [1.54, 1.807) is 24.3 Å². The highest BCUT2D eigenvalue weighted by Gasteiger charge is 2.48. The van der Waals surface area contributed by atoms with Crippen molar-refractivity contribution in [2.75, 3.05) is 12.0 Å². The van der Waals surface area contributed by atoms with Gasteiger partial charge in [-0.1, -0.05) is 57.6 Å². The average molecular weight is 549 g/mol. The zero-order valence-electron chi connectivity index (χ0n) is 19.2. The van der Waals surface area contributed by atoms with E-state index in [9.17, 15) is 14.7 Å². The van der Waals surface area contributed by atoms with Gasteiger partial charge in [-0.3, -0.25) is 14.5 Å². The Labute approximate surface area is 214 Å². The highest BCUT2D eigenvalue weighted by molar-refractivity contribution is 9.10. The van der Waals surface area contributed by atoms with Gasteiger partial charge in [-0.25, -0.2) is 4.98 Å². The zero-order chi connectivity index (χ0) is 24.9. The summed E-state index contributed by atoms with van der Waals surface area (Å²) in [6.45, 7) is 3.98. The highest BCUT2D eigenvalue weighted by atomic mass is 79.9. The maximum absolute atomic E-state index is 13.4. The normalized spacial score (nSPS) is 17.4. The molecule has 1 aromatic heterocycles. The first-order valence-corrected chi connectivity index (χ1v) is 12.5. The fourth-order valence-electron chi connectivity index (χ4n) is 4.41. The Hall–Kier alpha value is -3.49. The van der Waals surface area contributed by atoms with E-state index in [1.807, 2.05) is 50.2 Å². The van der Waals surface area contributed by atoms with Crippen LogP contribution < -0.4 is 9.64 Å². The predicted octanol–water partition coefficient (Wildman–Crippen LogP) is 6.31. The molecule has 0 aliphatic carbocycles. The number of carbonyl (C=O) groups is 2. The van der Waals surface area contributed by atoms with Gasteiger partial charge in [0.15, 0.2) is 5.13 Å². The molecule has 1 unspecified atom stereocenters. The van der Waals surface area contributed by atoms with Crippen molar-refractivity contribution < 1.29 is 19.4 Å². The van der Waals surface area contributed by atoms with Crippen molar-refractivity contribution in [1.29, 1.82) is 0 Å². The molecule has 1 amide bonds. The smallest absolute Gasteiger partial charge is 0.301 e. The van der Waals surface area contributed by atoms with Crippen LogP contribution in [0.5, 0.6) is 5.75 Å². The summed E-state index contributed by atoms with van der Waals surface area (Å²) in [6.07, 6.45) is 0. The third kappa shape index (κ3) is 4.02. The van der Waals surface area contributed by atoms with E-state index in [0.717, 1.165) is 25.8 Å². The molecule has 0 saturated carbocycles. The summed E-state index contributed by atoms with van der Waals surface area (Å²) in [5, 5.41) is 11.7. The number of aliphatic hydroxyl groups excluding tert-OH is 1. The average Bonchev–Trinajstić information content (AvgIpc) is 3.37. The summed E-state index contributed by atoms with van der Waals surface area (Å²) in [6, 6.07) is 17.3. The lowest BCUT2D eigenvalue weighted by Crippen LogP contribution is -2.29. The van der Waals surface area contributed by atoms with Gasteiger partial charge in [-0.05, 0) is 60.9 Å². The molecule has 35 heavy (non-hydrogen) atoms. The lowest BCUT2D eigenvalue weighted by Gasteiger charge is -2.23. The van der Waals surface area contributed by atoms with Crippen LogP contribution in [-0.4, -0.2) is 28.9 Å². The number of anilines is 1. The second kappa shape index (κ2) is 8.94. The molecule has 1 aliphatic rings. The first kappa shape index (κ1) is 23.3. The van der Waals surface area contributed by atoms with Gasteiger partial charge in [0.1, 0.15) is 11.5 Å². The second-order valence-corrected chi connectivity index (χ2v) is 10.3. The molecule has 0 radical (unpaired) electrons. The molecule has 1 N–H and O–H groups in total. The van der Waals surface area contributed by atoms with Gasteiger partial charge in [-0.2, -0.15) is 0 Å². The molecule has 176 valence electrons. The zero-order valence-corrected chi connectivity index (χ0v) is 21.6. The Morgan fingerprint density at radius 1 is 1.09 bits per heavy atom. The molecule has 3 aromatic carbocycles. The molecule has 1 saturated heterocycles. The third-order valence-corrected chi connectivity index (χ3v) is 7.47. The topological polar surface area (TPSA) is 79.7 Å². The summed E-state index contributed by atoms with van der Waals surface area (Å²) in [7, 11) is 1.52. The number of halogens is 1. The van der Waals surface area contributed by atoms with Crippen LogP contribution in [0.1, 0.15) is 28.3 Å². The van der Waals surface area contributed by atoms with Crippen LogP contribution in [0.2, 0.25) is 0 Å². The summed E-state index contributed by atoms with van der Waals surface area (Å²) < 4.78 is 7.00. The molecule has 0 spiro atoms. The SMILES string of the molecule is COc1cccc(/C(O)=C2\C(=O)C(=O)N(c3nc4c(C)cc(C)cc4s3)C2c2cccc(Br)c2)c1. The Kier molecular flexibility index (Phi) is 5.94. The number of methoxy groups -OCH3 is 1. The number of ether oxygens (including phenoxy) is 1. The number of amides is 1. The molecule has 1 fully saturated rings. The number of carbonyl (C=O) groups excluding carboxylic acids is 2. The summed E-state index contributed by atoms with van der Waals surface area (Å²) in [4.78, 5) is 33.0. The lowest BCUT2D eigenvalue weighted by molar-refractivity contribution is -0.132. The number of aliphatic hydroxyl groups is 1. The molecular formula is C27H21BrN2O4S. The minimum absolute atomic E-state index is 0.00788.